The fourth-order valence-electron chi connectivity index (χ4n) is 3.31. The summed E-state index contributed by atoms with van der Waals surface area (Å²) in [4.78, 5) is 21.8. The standard InChI is InChI=1S/C17H25N7OS/c1-3-4-10-9-11(23-5-7-24(8-6-23)17(20)21-2)22-16-12(10)13(18)14(26-16)15(19)25/h9H,3-8,18H2,1-2H3,(H2,19,25)(H2,20,21). The number of anilines is 2. The second-order valence-corrected chi connectivity index (χ2v) is 7.35. The molecular formula is C17H25N7OS. The van der Waals surface area contributed by atoms with Gasteiger partial charge in [-0.2, -0.15) is 0 Å². The van der Waals surface area contributed by atoms with Gasteiger partial charge in [-0.3, -0.25) is 10.2 Å². The SMILES string of the molecule is CCCc1cc(N2CCN(C(=N)NC)CC2)nc2sc(C(N)=O)c(N)c12. The maximum atomic E-state index is 11.7. The molecule has 0 radical (unpaired) electrons. The second-order valence-electron chi connectivity index (χ2n) is 6.35. The Morgan fingerprint density at radius 2 is 2.08 bits per heavy atom. The Hall–Kier alpha value is -2.55. The van der Waals surface area contributed by atoms with E-state index in [1.54, 1.807) is 7.05 Å². The summed E-state index contributed by atoms with van der Waals surface area (Å²) in [6.45, 7) is 5.23. The fraction of sp³-hybridized carbons (Fsp3) is 0.471. The van der Waals surface area contributed by atoms with Crippen molar-refractivity contribution in [2.75, 3.05) is 43.9 Å². The van der Waals surface area contributed by atoms with Gasteiger partial charge < -0.3 is 26.6 Å². The van der Waals surface area contributed by atoms with Crippen LogP contribution in [0.5, 0.6) is 0 Å². The van der Waals surface area contributed by atoms with E-state index in [1.165, 1.54) is 11.3 Å². The Labute approximate surface area is 156 Å². The Balaban J connectivity index is 1.95. The van der Waals surface area contributed by atoms with Gasteiger partial charge in [-0.25, -0.2) is 4.98 Å². The number of guanidine groups is 1. The molecule has 9 heteroatoms. The van der Waals surface area contributed by atoms with E-state index in [0.29, 0.717) is 16.5 Å². The quantitative estimate of drug-likeness (QED) is 0.470. The van der Waals surface area contributed by atoms with Crippen LogP contribution in [0, 0.1) is 5.41 Å². The number of aromatic nitrogens is 1. The molecule has 1 fully saturated rings. The number of carbonyl (C=O) groups is 1. The summed E-state index contributed by atoms with van der Waals surface area (Å²) in [5.74, 6) is 0.833. The van der Waals surface area contributed by atoms with Crippen molar-refractivity contribution in [1.29, 1.82) is 5.41 Å². The Kier molecular flexibility index (Phi) is 5.17. The van der Waals surface area contributed by atoms with Gasteiger partial charge in [-0.1, -0.05) is 13.3 Å². The van der Waals surface area contributed by atoms with Crippen molar-refractivity contribution in [2.24, 2.45) is 5.73 Å². The number of amides is 1. The molecule has 0 atom stereocenters. The zero-order valence-corrected chi connectivity index (χ0v) is 15.9. The second kappa shape index (κ2) is 7.36. The number of hydrogen-bond donors (Lipinski definition) is 4. The lowest BCUT2D eigenvalue weighted by Gasteiger charge is -2.36. The van der Waals surface area contributed by atoms with Crippen LogP contribution in [0.15, 0.2) is 6.07 Å². The van der Waals surface area contributed by atoms with Crippen molar-refractivity contribution in [1.82, 2.24) is 15.2 Å². The van der Waals surface area contributed by atoms with Gasteiger partial charge in [0.15, 0.2) is 5.96 Å². The maximum Gasteiger partial charge on any atom is 0.260 e. The molecule has 2 aromatic rings. The smallest absolute Gasteiger partial charge is 0.260 e. The average Bonchev–Trinajstić information content (AvgIpc) is 2.98. The molecule has 140 valence electrons. The van der Waals surface area contributed by atoms with Gasteiger partial charge in [0.2, 0.25) is 0 Å². The van der Waals surface area contributed by atoms with E-state index in [-0.39, 0.29) is 0 Å². The van der Waals surface area contributed by atoms with Crippen molar-refractivity contribution >= 4 is 44.9 Å². The van der Waals surface area contributed by atoms with Crippen LogP contribution in [0.3, 0.4) is 0 Å². The molecule has 1 aliphatic rings. The zero-order chi connectivity index (χ0) is 18.8. The summed E-state index contributed by atoms with van der Waals surface area (Å²) in [5.41, 5.74) is 13.2. The average molecular weight is 376 g/mol. The lowest BCUT2D eigenvalue weighted by molar-refractivity contribution is 0.100. The normalized spacial score (nSPS) is 14.7. The van der Waals surface area contributed by atoms with E-state index in [2.05, 4.69) is 23.2 Å². The van der Waals surface area contributed by atoms with Crippen LogP contribution >= 0.6 is 11.3 Å². The minimum atomic E-state index is -0.506. The number of nitrogen functional groups attached to an aromatic ring is 1. The largest absolute Gasteiger partial charge is 0.397 e. The highest BCUT2D eigenvalue weighted by molar-refractivity contribution is 7.21. The van der Waals surface area contributed by atoms with Crippen LogP contribution in [0.1, 0.15) is 28.6 Å². The molecule has 0 spiro atoms. The van der Waals surface area contributed by atoms with Crippen LogP contribution in [0.4, 0.5) is 11.5 Å². The van der Waals surface area contributed by atoms with Crippen molar-refractivity contribution in [3.8, 4) is 0 Å². The molecule has 2 aromatic heterocycles. The number of nitrogens with one attached hydrogen (secondary N) is 2. The van der Waals surface area contributed by atoms with Gasteiger partial charge in [-0.05, 0) is 18.1 Å². The molecule has 0 unspecified atom stereocenters. The van der Waals surface area contributed by atoms with E-state index in [4.69, 9.17) is 21.9 Å². The summed E-state index contributed by atoms with van der Waals surface area (Å²) < 4.78 is 0. The molecule has 1 saturated heterocycles. The number of primary amides is 1. The fourth-order valence-corrected chi connectivity index (χ4v) is 4.30. The third-order valence-corrected chi connectivity index (χ3v) is 5.78. The van der Waals surface area contributed by atoms with Crippen molar-refractivity contribution in [3.63, 3.8) is 0 Å². The van der Waals surface area contributed by atoms with E-state index in [1.807, 2.05) is 4.90 Å². The number of pyridine rings is 1. The van der Waals surface area contributed by atoms with E-state index < -0.39 is 5.91 Å². The number of nitrogens with two attached hydrogens (primary N) is 2. The molecule has 0 aliphatic carbocycles. The van der Waals surface area contributed by atoms with Gasteiger partial charge in [-0.15, -0.1) is 11.3 Å². The highest BCUT2D eigenvalue weighted by Crippen LogP contribution is 2.37. The number of hydrogen-bond acceptors (Lipinski definition) is 6. The molecule has 0 bridgehead atoms. The molecule has 3 heterocycles. The lowest BCUT2D eigenvalue weighted by Crippen LogP contribution is -2.51. The van der Waals surface area contributed by atoms with Crippen molar-refractivity contribution in [3.05, 3.63) is 16.5 Å². The number of fused-ring (bicyclic) bond motifs is 1. The summed E-state index contributed by atoms with van der Waals surface area (Å²) in [6.07, 6.45) is 1.85. The summed E-state index contributed by atoms with van der Waals surface area (Å²) in [5, 5.41) is 11.6. The van der Waals surface area contributed by atoms with Gasteiger partial charge in [0.1, 0.15) is 15.5 Å². The minimum Gasteiger partial charge on any atom is -0.397 e. The minimum absolute atomic E-state index is 0.384. The predicted octanol–water partition coefficient (Wildman–Crippen LogP) is 1.21. The highest BCUT2D eigenvalue weighted by Gasteiger charge is 2.23. The van der Waals surface area contributed by atoms with Gasteiger partial charge >= 0.3 is 0 Å². The topological polar surface area (TPSA) is 124 Å². The summed E-state index contributed by atoms with van der Waals surface area (Å²) >= 11 is 1.27. The molecule has 26 heavy (non-hydrogen) atoms. The molecule has 1 aliphatic heterocycles. The third-order valence-electron chi connectivity index (χ3n) is 4.67. The molecule has 0 aromatic carbocycles. The predicted molar refractivity (Wildman–Crippen MR) is 107 cm³/mol. The first-order chi connectivity index (χ1) is 12.5. The molecule has 8 nitrogen and oxygen atoms in total. The Morgan fingerprint density at radius 1 is 1.38 bits per heavy atom. The van der Waals surface area contributed by atoms with Crippen LogP contribution in [-0.2, 0) is 6.42 Å². The molecule has 0 saturated carbocycles. The Bertz CT molecular complexity index is 839. The summed E-state index contributed by atoms with van der Waals surface area (Å²) in [6, 6.07) is 2.08. The zero-order valence-electron chi connectivity index (χ0n) is 15.1. The maximum absolute atomic E-state index is 11.7. The number of rotatable bonds is 4. The van der Waals surface area contributed by atoms with Crippen LogP contribution in [0.25, 0.3) is 10.2 Å². The van der Waals surface area contributed by atoms with Gasteiger partial charge in [0.25, 0.3) is 5.91 Å². The first-order valence-electron chi connectivity index (χ1n) is 8.74. The molecule has 1 amide bonds. The Morgan fingerprint density at radius 3 is 2.65 bits per heavy atom. The number of nitrogens with zero attached hydrogens (tertiary/aromatic N) is 3. The highest BCUT2D eigenvalue weighted by atomic mass is 32.1. The monoisotopic (exact) mass is 375 g/mol. The van der Waals surface area contributed by atoms with Crippen molar-refractivity contribution in [2.45, 2.75) is 19.8 Å². The van der Waals surface area contributed by atoms with Crippen LogP contribution in [0.2, 0.25) is 0 Å². The number of piperazine rings is 1. The van der Waals surface area contributed by atoms with Crippen LogP contribution < -0.4 is 21.7 Å². The van der Waals surface area contributed by atoms with Crippen molar-refractivity contribution < 1.29 is 4.79 Å². The number of thiophene rings is 1. The number of carbonyl (C=O) groups excluding carboxylic acids is 1. The first kappa shape index (κ1) is 18.2. The van der Waals surface area contributed by atoms with E-state index in [0.717, 1.165) is 60.6 Å². The first-order valence-corrected chi connectivity index (χ1v) is 9.55. The molecule has 6 N–H and O–H groups in total. The van der Waals surface area contributed by atoms with E-state index in [9.17, 15) is 4.79 Å². The van der Waals surface area contributed by atoms with Crippen LogP contribution in [-0.4, -0.2) is 55.0 Å². The van der Waals surface area contributed by atoms with E-state index >= 15 is 0 Å². The molecule has 3 rings (SSSR count). The lowest BCUT2D eigenvalue weighted by atomic mass is 10.1. The van der Waals surface area contributed by atoms with Gasteiger partial charge in [0, 0.05) is 38.6 Å². The number of aryl methyl sites for hydroxylation is 1. The third kappa shape index (κ3) is 3.26. The summed E-state index contributed by atoms with van der Waals surface area (Å²) in [7, 11) is 1.76. The molecular weight excluding hydrogens is 350 g/mol. The van der Waals surface area contributed by atoms with Gasteiger partial charge in [0.05, 0.1) is 5.69 Å².